The van der Waals surface area contributed by atoms with Crippen molar-refractivity contribution in [2.75, 3.05) is 12.8 Å². The molecule has 2 rings (SSSR count). The SMILES string of the molecule is CS(=O)(=O)n1cc2c(n1)CCN(N)C2. The summed E-state index contributed by atoms with van der Waals surface area (Å²) in [4.78, 5) is 0. The highest BCUT2D eigenvalue weighted by molar-refractivity contribution is 7.89. The smallest absolute Gasteiger partial charge is 0.250 e. The molecule has 7 heteroatoms. The second-order valence-corrected chi connectivity index (χ2v) is 5.30. The van der Waals surface area contributed by atoms with Crippen LogP contribution in [0.1, 0.15) is 11.3 Å². The van der Waals surface area contributed by atoms with Gasteiger partial charge in [-0.15, -0.1) is 0 Å². The summed E-state index contributed by atoms with van der Waals surface area (Å²) < 4.78 is 23.4. The van der Waals surface area contributed by atoms with E-state index in [2.05, 4.69) is 5.10 Å². The summed E-state index contributed by atoms with van der Waals surface area (Å²) in [6.07, 6.45) is 3.36. The Balaban J connectivity index is 2.42. The van der Waals surface area contributed by atoms with E-state index in [9.17, 15) is 8.42 Å². The van der Waals surface area contributed by atoms with Crippen molar-refractivity contribution in [3.05, 3.63) is 17.5 Å². The Hall–Kier alpha value is -0.920. The predicted molar refractivity (Wildman–Crippen MR) is 50.8 cm³/mol. The van der Waals surface area contributed by atoms with Gasteiger partial charge in [-0.05, 0) is 0 Å². The summed E-state index contributed by atoms with van der Waals surface area (Å²) in [5.74, 6) is 5.61. The average Bonchev–Trinajstić information content (AvgIpc) is 2.45. The fourth-order valence-electron chi connectivity index (χ4n) is 1.48. The van der Waals surface area contributed by atoms with E-state index in [0.717, 1.165) is 21.6 Å². The Labute approximate surface area is 82.3 Å². The highest BCUT2D eigenvalue weighted by Crippen LogP contribution is 2.15. The Morgan fingerprint density at radius 1 is 1.57 bits per heavy atom. The van der Waals surface area contributed by atoms with Gasteiger partial charge in [0.2, 0.25) is 0 Å². The van der Waals surface area contributed by atoms with Gasteiger partial charge >= 0.3 is 0 Å². The lowest BCUT2D eigenvalue weighted by atomic mass is 10.1. The van der Waals surface area contributed by atoms with Crippen molar-refractivity contribution in [3.63, 3.8) is 0 Å². The average molecular weight is 216 g/mol. The van der Waals surface area contributed by atoms with Gasteiger partial charge in [-0.25, -0.2) is 13.4 Å². The van der Waals surface area contributed by atoms with Gasteiger partial charge in [-0.2, -0.15) is 9.19 Å². The Kier molecular flexibility index (Phi) is 2.09. The van der Waals surface area contributed by atoms with Crippen LogP contribution in [0.25, 0.3) is 0 Å². The van der Waals surface area contributed by atoms with Crippen LogP contribution in [0, 0.1) is 0 Å². The number of hydrogen-bond acceptors (Lipinski definition) is 5. The molecular formula is C7H12N4O2S. The normalized spacial score (nSPS) is 18.1. The first kappa shape index (κ1) is 9.63. The van der Waals surface area contributed by atoms with E-state index < -0.39 is 10.0 Å². The molecule has 0 amide bonds. The third-order valence-corrected chi connectivity index (χ3v) is 3.07. The minimum absolute atomic E-state index is 0.560. The van der Waals surface area contributed by atoms with Crippen LogP contribution in [-0.4, -0.2) is 35.4 Å². The number of rotatable bonds is 1. The zero-order valence-electron chi connectivity index (χ0n) is 7.84. The first-order chi connectivity index (χ1) is 6.47. The van der Waals surface area contributed by atoms with Gasteiger partial charge in [0.25, 0.3) is 10.0 Å². The van der Waals surface area contributed by atoms with E-state index in [1.807, 2.05) is 0 Å². The van der Waals surface area contributed by atoms with Crippen LogP contribution in [0.5, 0.6) is 0 Å². The molecule has 0 spiro atoms. The van der Waals surface area contributed by atoms with Crippen LogP contribution in [0.4, 0.5) is 0 Å². The number of hydrogen-bond donors (Lipinski definition) is 1. The minimum Gasteiger partial charge on any atom is -0.268 e. The number of nitrogens with two attached hydrogens (primary N) is 1. The molecule has 14 heavy (non-hydrogen) atoms. The van der Waals surface area contributed by atoms with Crippen molar-refractivity contribution < 1.29 is 8.42 Å². The van der Waals surface area contributed by atoms with Crippen LogP contribution in [-0.2, 0) is 23.0 Å². The molecule has 1 aliphatic rings. The highest BCUT2D eigenvalue weighted by Gasteiger charge is 2.19. The zero-order chi connectivity index (χ0) is 10.3. The molecule has 0 aromatic carbocycles. The maximum Gasteiger partial charge on any atom is 0.250 e. The van der Waals surface area contributed by atoms with Crippen molar-refractivity contribution >= 4 is 10.0 Å². The third kappa shape index (κ3) is 1.66. The van der Waals surface area contributed by atoms with Crippen molar-refractivity contribution in [1.29, 1.82) is 0 Å². The van der Waals surface area contributed by atoms with Crippen molar-refractivity contribution in [3.8, 4) is 0 Å². The van der Waals surface area contributed by atoms with E-state index in [-0.39, 0.29) is 0 Å². The highest BCUT2D eigenvalue weighted by atomic mass is 32.2. The molecule has 0 aliphatic carbocycles. The summed E-state index contributed by atoms with van der Waals surface area (Å²) in [5.41, 5.74) is 1.72. The van der Waals surface area contributed by atoms with E-state index in [4.69, 9.17) is 5.84 Å². The molecule has 1 aliphatic heterocycles. The number of nitrogens with zero attached hydrogens (tertiary/aromatic N) is 3. The van der Waals surface area contributed by atoms with E-state index in [0.29, 0.717) is 19.5 Å². The van der Waals surface area contributed by atoms with Crippen LogP contribution in [0.15, 0.2) is 6.20 Å². The lowest BCUT2D eigenvalue weighted by Gasteiger charge is -2.19. The second-order valence-electron chi connectivity index (χ2n) is 3.46. The molecule has 1 aromatic heterocycles. The summed E-state index contributed by atoms with van der Waals surface area (Å²) in [5, 5.41) is 5.65. The molecular weight excluding hydrogens is 204 g/mol. The molecule has 2 heterocycles. The fraction of sp³-hybridized carbons (Fsp3) is 0.571. The molecule has 0 atom stereocenters. The maximum absolute atomic E-state index is 11.2. The standard InChI is InChI=1S/C7H12N4O2S/c1-14(12,13)11-5-6-4-10(8)3-2-7(6)9-11/h5H,2-4,8H2,1H3. The molecule has 0 fully saturated rings. The fourth-order valence-corrected chi connectivity index (χ4v) is 2.05. The van der Waals surface area contributed by atoms with Crippen LogP contribution in [0.3, 0.4) is 0 Å². The lowest BCUT2D eigenvalue weighted by molar-refractivity contribution is 0.262. The molecule has 78 valence electrons. The van der Waals surface area contributed by atoms with Crippen molar-refractivity contribution in [1.82, 2.24) is 14.2 Å². The van der Waals surface area contributed by atoms with E-state index in [1.54, 1.807) is 5.01 Å². The van der Waals surface area contributed by atoms with Gasteiger partial charge in [-0.3, -0.25) is 5.84 Å². The van der Waals surface area contributed by atoms with Gasteiger partial charge in [0, 0.05) is 31.3 Å². The molecule has 0 saturated heterocycles. The number of fused-ring (bicyclic) bond motifs is 1. The summed E-state index contributed by atoms with van der Waals surface area (Å²) in [6.45, 7) is 1.28. The van der Waals surface area contributed by atoms with Crippen LogP contribution in [0.2, 0.25) is 0 Å². The first-order valence-electron chi connectivity index (χ1n) is 4.24. The molecule has 0 radical (unpaired) electrons. The Morgan fingerprint density at radius 3 is 2.93 bits per heavy atom. The quantitative estimate of drug-likeness (QED) is 0.604. The molecule has 0 bridgehead atoms. The largest absolute Gasteiger partial charge is 0.268 e. The predicted octanol–water partition coefficient (Wildman–Crippen LogP) is -1.08. The van der Waals surface area contributed by atoms with Gasteiger partial charge in [0.1, 0.15) is 0 Å². The van der Waals surface area contributed by atoms with Gasteiger partial charge in [0.05, 0.1) is 11.9 Å². The second kappa shape index (κ2) is 3.04. The van der Waals surface area contributed by atoms with Crippen molar-refractivity contribution in [2.24, 2.45) is 5.84 Å². The maximum atomic E-state index is 11.2. The third-order valence-electron chi connectivity index (χ3n) is 2.21. The molecule has 2 N–H and O–H groups in total. The zero-order valence-corrected chi connectivity index (χ0v) is 8.66. The topological polar surface area (TPSA) is 81.2 Å². The lowest BCUT2D eigenvalue weighted by Crippen LogP contribution is -2.35. The van der Waals surface area contributed by atoms with E-state index >= 15 is 0 Å². The van der Waals surface area contributed by atoms with Gasteiger partial charge < -0.3 is 0 Å². The van der Waals surface area contributed by atoms with E-state index in [1.165, 1.54) is 6.20 Å². The minimum atomic E-state index is -3.27. The number of aromatic nitrogens is 2. The summed E-state index contributed by atoms with van der Waals surface area (Å²) in [7, 11) is -3.27. The van der Waals surface area contributed by atoms with Crippen LogP contribution < -0.4 is 5.84 Å². The van der Waals surface area contributed by atoms with Crippen molar-refractivity contribution in [2.45, 2.75) is 13.0 Å². The Morgan fingerprint density at radius 2 is 2.29 bits per heavy atom. The molecule has 0 saturated carbocycles. The van der Waals surface area contributed by atoms with Gasteiger partial charge in [-0.1, -0.05) is 0 Å². The Bertz CT molecular complexity index is 450. The van der Waals surface area contributed by atoms with Crippen LogP contribution >= 0.6 is 0 Å². The molecule has 0 unspecified atom stereocenters. The summed E-state index contributed by atoms with van der Waals surface area (Å²) in [6, 6.07) is 0. The molecule has 1 aromatic rings. The molecule has 6 nitrogen and oxygen atoms in total. The number of hydrazine groups is 1. The van der Waals surface area contributed by atoms with Gasteiger partial charge in [0.15, 0.2) is 0 Å². The summed E-state index contributed by atoms with van der Waals surface area (Å²) >= 11 is 0. The first-order valence-corrected chi connectivity index (χ1v) is 6.09. The monoisotopic (exact) mass is 216 g/mol.